The molecule has 0 aliphatic heterocycles. The average Bonchev–Trinajstić information content (AvgIpc) is 2.54. The Hall–Kier alpha value is -2.21. The number of Topliss-reactive ketones (excluding diaryl/α,β-unsaturated/α-hetero) is 1. The number of hydrogen-bond acceptors (Lipinski definition) is 5. The highest BCUT2D eigenvalue weighted by atomic mass is 32.2. The standard InChI is InChI=1S/C16H17N3O2S/c1-4-14-13(9-17-16(19-14)22-3)15(21)18-12-7-5-11(6-8-12)10(2)20/h5-9H,4H2,1-3H3,(H,18,21). The highest BCUT2D eigenvalue weighted by Gasteiger charge is 2.13. The molecule has 0 saturated heterocycles. The van der Waals surface area contributed by atoms with Gasteiger partial charge in [-0.05, 0) is 43.9 Å². The van der Waals surface area contributed by atoms with Gasteiger partial charge in [-0.3, -0.25) is 9.59 Å². The van der Waals surface area contributed by atoms with E-state index >= 15 is 0 Å². The summed E-state index contributed by atoms with van der Waals surface area (Å²) in [6.45, 7) is 3.45. The summed E-state index contributed by atoms with van der Waals surface area (Å²) in [7, 11) is 0. The fraction of sp³-hybridized carbons (Fsp3) is 0.250. The number of ketones is 1. The van der Waals surface area contributed by atoms with Crippen LogP contribution in [0.1, 0.15) is 40.3 Å². The number of thioether (sulfide) groups is 1. The van der Waals surface area contributed by atoms with Gasteiger partial charge in [0.2, 0.25) is 0 Å². The molecular formula is C16H17N3O2S. The molecule has 1 aromatic carbocycles. The van der Waals surface area contributed by atoms with E-state index in [0.717, 1.165) is 5.69 Å². The van der Waals surface area contributed by atoms with Crippen LogP contribution in [0.25, 0.3) is 0 Å². The number of nitrogens with zero attached hydrogens (tertiary/aromatic N) is 2. The maximum atomic E-state index is 12.3. The van der Waals surface area contributed by atoms with Gasteiger partial charge in [0, 0.05) is 17.4 Å². The van der Waals surface area contributed by atoms with Gasteiger partial charge in [-0.1, -0.05) is 18.7 Å². The summed E-state index contributed by atoms with van der Waals surface area (Å²) < 4.78 is 0. The van der Waals surface area contributed by atoms with Crippen molar-refractivity contribution in [3.05, 3.63) is 47.3 Å². The van der Waals surface area contributed by atoms with E-state index < -0.39 is 0 Å². The van der Waals surface area contributed by atoms with Crippen LogP contribution in [0.15, 0.2) is 35.6 Å². The van der Waals surface area contributed by atoms with Crippen LogP contribution in [-0.2, 0) is 6.42 Å². The van der Waals surface area contributed by atoms with Crippen LogP contribution < -0.4 is 5.32 Å². The lowest BCUT2D eigenvalue weighted by atomic mass is 10.1. The first-order chi connectivity index (χ1) is 10.5. The van der Waals surface area contributed by atoms with Crippen molar-refractivity contribution in [1.29, 1.82) is 0 Å². The number of amides is 1. The maximum Gasteiger partial charge on any atom is 0.259 e. The van der Waals surface area contributed by atoms with E-state index in [2.05, 4.69) is 15.3 Å². The van der Waals surface area contributed by atoms with Gasteiger partial charge in [-0.15, -0.1) is 0 Å². The number of nitrogens with one attached hydrogen (secondary N) is 1. The fourth-order valence-corrected chi connectivity index (χ4v) is 2.30. The van der Waals surface area contributed by atoms with E-state index in [9.17, 15) is 9.59 Å². The van der Waals surface area contributed by atoms with Gasteiger partial charge in [-0.2, -0.15) is 0 Å². The molecule has 0 fully saturated rings. The van der Waals surface area contributed by atoms with Crippen molar-refractivity contribution in [2.24, 2.45) is 0 Å². The number of carbonyl (C=O) groups excluding carboxylic acids is 2. The third-order valence-corrected chi connectivity index (χ3v) is 3.72. The van der Waals surface area contributed by atoms with E-state index in [1.807, 2.05) is 13.2 Å². The first-order valence-corrected chi connectivity index (χ1v) is 8.10. The molecule has 0 spiro atoms. The SMILES string of the molecule is CCc1nc(SC)ncc1C(=O)Nc1ccc(C(C)=O)cc1. The van der Waals surface area contributed by atoms with E-state index in [1.54, 1.807) is 30.5 Å². The van der Waals surface area contributed by atoms with Crippen LogP contribution in [0.2, 0.25) is 0 Å². The molecule has 0 saturated carbocycles. The van der Waals surface area contributed by atoms with E-state index in [-0.39, 0.29) is 11.7 Å². The summed E-state index contributed by atoms with van der Waals surface area (Å²) in [6.07, 6.45) is 4.10. The first-order valence-electron chi connectivity index (χ1n) is 6.87. The molecule has 5 nitrogen and oxygen atoms in total. The summed E-state index contributed by atoms with van der Waals surface area (Å²) in [5, 5.41) is 3.45. The summed E-state index contributed by atoms with van der Waals surface area (Å²) in [4.78, 5) is 32.1. The van der Waals surface area contributed by atoms with Gasteiger partial charge in [-0.25, -0.2) is 9.97 Å². The van der Waals surface area contributed by atoms with Crippen molar-refractivity contribution in [3.8, 4) is 0 Å². The Labute approximate surface area is 133 Å². The molecule has 114 valence electrons. The van der Waals surface area contributed by atoms with Gasteiger partial charge in [0.25, 0.3) is 5.91 Å². The van der Waals surface area contributed by atoms with Crippen molar-refractivity contribution in [2.75, 3.05) is 11.6 Å². The van der Waals surface area contributed by atoms with Gasteiger partial charge in [0.15, 0.2) is 10.9 Å². The monoisotopic (exact) mass is 315 g/mol. The summed E-state index contributed by atoms with van der Waals surface area (Å²) >= 11 is 1.44. The van der Waals surface area contributed by atoms with Crippen LogP contribution in [-0.4, -0.2) is 27.9 Å². The molecule has 2 rings (SSSR count). The minimum Gasteiger partial charge on any atom is -0.322 e. The number of benzene rings is 1. The van der Waals surface area contributed by atoms with Crippen LogP contribution in [0, 0.1) is 0 Å². The second-order valence-electron chi connectivity index (χ2n) is 4.66. The summed E-state index contributed by atoms with van der Waals surface area (Å²) in [6, 6.07) is 6.78. The van der Waals surface area contributed by atoms with Crippen molar-refractivity contribution in [3.63, 3.8) is 0 Å². The molecule has 0 aliphatic rings. The molecule has 1 heterocycles. The number of aromatic nitrogens is 2. The largest absolute Gasteiger partial charge is 0.322 e. The second kappa shape index (κ2) is 7.17. The Morgan fingerprint density at radius 1 is 1.23 bits per heavy atom. The number of rotatable bonds is 5. The molecule has 1 aromatic heterocycles. The maximum absolute atomic E-state index is 12.3. The second-order valence-corrected chi connectivity index (χ2v) is 5.43. The third kappa shape index (κ3) is 3.71. The third-order valence-electron chi connectivity index (χ3n) is 3.16. The number of carbonyl (C=O) groups is 2. The number of aryl methyl sites for hydroxylation is 1. The molecule has 1 amide bonds. The smallest absolute Gasteiger partial charge is 0.259 e. The Bertz CT molecular complexity index is 699. The number of anilines is 1. The molecule has 0 radical (unpaired) electrons. The zero-order valence-electron chi connectivity index (χ0n) is 12.7. The lowest BCUT2D eigenvalue weighted by Gasteiger charge is -2.09. The quantitative estimate of drug-likeness (QED) is 0.521. The lowest BCUT2D eigenvalue weighted by Crippen LogP contribution is -2.16. The Morgan fingerprint density at radius 3 is 2.45 bits per heavy atom. The minimum atomic E-state index is -0.250. The normalized spacial score (nSPS) is 10.3. The lowest BCUT2D eigenvalue weighted by molar-refractivity contribution is 0.101. The van der Waals surface area contributed by atoms with Crippen LogP contribution in [0.5, 0.6) is 0 Å². The van der Waals surface area contributed by atoms with Gasteiger partial charge in [0.05, 0.1) is 11.3 Å². The van der Waals surface area contributed by atoms with Gasteiger partial charge >= 0.3 is 0 Å². The Kier molecular flexibility index (Phi) is 5.27. The molecule has 22 heavy (non-hydrogen) atoms. The average molecular weight is 315 g/mol. The molecule has 2 aromatic rings. The topological polar surface area (TPSA) is 72.0 Å². The molecule has 0 atom stereocenters. The zero-order chi connectivity index (χ0) is 16.1. The van der Waals surface area contributed by atoms with Crippen molar-refractivity contribution >= 4 is 29.1 Å². The molecule has 0 unspecified atom stereocenters. The molecular weight excluding hydrogens is 298 g/mol. The van der Waals surface area contributed by atoms with Crippen LogP contribution in [0.4, 0.5) is 5.69 Å². The van der Waals surface area contributed by atoms with E-state index in [4.69, 9.17) is 0 Å². The summed E-state index contributed by atoms with van der Waals surface area (Å²) in [5.41, 5.74) is 2.43. The van der Waals surface area contributed by atoms with Crippen molar-refractivity contribution in [2.45, 2.75) is 25.4 Å². The number of hydrogen-bond donors (Lipinski definition) is 1. The van der Waals surface area contributed by atoms with E-state index in [0.29, 0.717) is 28.4 Å². The Balaban J connectivity index is 2.20. The molecule has 0 aliphatic carbocycles. The minimum absolute atomic E-state index is 0.00722. The van der Waals surface area contributed by atoms with Crippen LogP contribution in [0.3, 0.4) is 0 Å². The predicted molar refractivity (Wildman–Crippen MR) is 87.6 cm³/mol. The van der Waals surface area contributed by atoms with Gasteiger partial charge < -0.3 is 5.32 Å². The molecule has 6 heteroatoms. The van der Waals surface area contributed by atoms with Gasteiger partial charge in [0.1, 0.15) is 0 Å². The predicted octanol–water partition coefficient (Wildman–Crippen LogP) is 3.22. The summed E-state index contributed by atoms with van der Waals surface area (Å²) in [5.74, 6) is -0.257. The van der Waals surface area contributed by atoms with Crippen molar-refractivity contribution < 1.29 is 9.59 Å². The highest BCUT2D eigenvalue weighted by Crippen LogP contribution is 2.16. The van der Waals surface area contributed by atoms with E-state index in [1.165, 1.54) is 18.7 Å². The zero-order valence-corrected chi connectivity index (χ0v) is 13.5. The fourth-order valence-electron chi connectivity index (χ4n) is 1.94. The first kappa shape index (κ1) is 16.2. The molecule has 1 N–H and O–H groups in total. The Morgan fingerprint density at radius 2 is 1.91 bits per heavy atom. The van der Waals surface area contributed by atoms with Crippen molar-refractivity contribution in [1.82, 2.24) is 9.97 Å². The highest BCUT2D eigenvalue weighted by molar-refractivity contribution is 7.98. The molecule has 0 bridgehead atoms. The van der Waals surface area contributed by atoms with Crippen LogP contribution >= 0.6 is 11.8 Å².